The van der Waals surface area contributed by atoms with E-state index >= 15 is 0 Å². The Morgan fingerprint density at radius 3 is 2.58 bits per heavy atom. The molecule has 1 rings (SSSR count). The van der Waals surface area contributed by atoms with E-state index in [1.165, 1.54) is 6.07 Å². The zero-order valence-electron chi connectivity index (χ0n) is 11.9. The Hall–Kier alpha value is -1.62. The van der Waals surface area contributed by atoms with Crippen LogP contribution in [0.25, 0.3) is 0 Å². The number of benzene rings is 1. The molecular weight excluding hydrogens is 245 g/mol. The molecule has 0 aromatic heterocycles. The van der Waals surface area contributed by atoms with Crippen LogP contribution in [0.5, 0.6) is 0 Å². The molecule has 0 radical (unpaired) electrons. The monoisotopic (exact) mass is 267 g/mol. The van der Waals surface area contributed by atoms with Gasteiger partial charge in [0.1, 0.15) is 5.82 Å². The van der Waals surface area contributed by atoms with E-state index < -0.39 is 0 Å². The normalized spacial score (nSPS) is 12.4. The highest BCUT2D eigenvalue weighted by Gasteiger charge is 2.11. The summed E-state index contributed by atoms with van der Waals surface area (Å²) in [7, 11) is 1.70. The van der Waals surface area contributed by atoms with Crippen molar-refractivity contribution in [2.45, 2.75) is 39.5 Å². The molecule has 0 amide bonds. The fraction of sp³-hybridized carbons (Fsp3) is 0.500. The molecule has 5 heteroatoms. The van der Waals surface area contributed by atoms with Gasteiger partial charge in [0.25, 0.3) is 0 Å². The second-order valence-electron chi connectivity index (χ2n) is 5.38. The van der Waals surface area contributed by atoms with Crippen LogP contribution in [0, 0.1) is 5.82 Å². The zero-order valence-corrected chi connectivity index (χ0v) is 11.9. The number of nitrogens with one attached hydrogen (secondary N) is 2. The third kappa shape index (κ3) is 5.26. The average molecular weight is 267 g/mol. The minimum Gasteiger partial charge on any atom is -0.392 e. The molecule has 0 saturated heterocycles. The van der Waals surface area contributed by atoms with Crippen molar-refractivity contribution < 1.29 is 9.50 Å². The van der Waals surface area contributed by atoms with Gasteiger partial charge >= 0.3 is 0 Å². The number of aliphatic hydroxyl groups excluding tert-OH is 1. The van der Waals surface area contributed by atoms with Crippen LogP contribution in [0.1, 0.15) is 31.9 Å². The van der Waals surface area contributed by atoms with E-state index in [9.17, 15) is 4.39 Å². The van der Waals surface area contributed by atoms with Crippen LogP contribution in [0.15, 0.2) is 23.2 Å². The van der Waals surface area contributed by atoms with Crippen molar-refractivity contribution in [1.29, 1.82) is 0 Å². The van der Waals surface area contributed by atoms with Gasteiger partial charge in [0, 0.05) is 24.7 Å². The van der Waals surface area contributed by atoms with Crippen LogP contribution in [0.2, 0.25) is 0 Å². The summed E-state index contributed by atoms with van der Waals surface area (Å²) in [6.45, 7) is 6.35. The van der Waals surface area contributed by atoms with Crippen molar-refractivity contribution in [2.75, 3.05) is 7.05 Å². The van der Waals surface area contributed by atoms with Gasteiger partial charge in [-0.25, -0.2) is 4.39 Å². The molecule has 0 atom stereocenters. The Balaban J connectivity index is 2.65. The summed E-state index contributed by atoms with van der Waals surface area (Å²) in [6.07, 6.45) is 0. The highest BCUT2D eigenvalue weighted by Crippen LogP contribution is 2.10. The minimum atomic E-state index is -0.386. The molecule has 0 unspecified atom stereocenters. The summed E-state index contributed by atoms with van der Waals surface area (Å²) in [4.78, 5) is 4.12. The van der Waals surface area contributed by atoms with Gasteiger partial charge in [-0.3, -0.25) is 4.99 Å². The van der Waals surface area contributed by atoms with Gasteiger partial charge < -0.3 is 15.7 Å². The van der Waals surface area contributed by atoms with Crippen LogP contribution >= 0.6 is 0 Å². The Bertz CT molecular complexity index is 452. The summed E-state index contributed by atoms with van der Waals surface area (Å²) in [5.74, 6) is 0.297. The highest BCUT2D eigenvalue weighted by atomic mass is 19.1. The van der Waals surface area contributed by atoms with E-state index in [-0.39, 0.29) is 18.0 Å². The van der Waals surface area contributed by atoms with Gasteiger partial charge in [-0.15, -0.1) is 0 Å². The molecule has 0 aliphatic rings. The van der Waals surface area contributed by atoms with Crippen molar-refractivity contribution in [3.63, 3.8) is 0 Å². The first-order valence-corrected chi connectivity index (χ1v) is 6.22. The lowest BCUT2D eigenvalue weighted by Gasteiger charge is -2.23. The zero-order chi connectivity index (χ0) is 14.5. The number of hydrogen-bond donors (Lipinski definition) is 3. The molecule has 0 spiro atoms. The molecule has 1 aromatic carbocycles. The number of halogens is 1. The molecule has 19 heavy (non-hydrogen) atoms. The Kier molecular flexibility index (Phi) is 5.30. The first-order chi connectivity index (χ1) is 8.85. The molecule has 0 bridgehead atoms. The van der Waals surface area contributed by atoms with E-state index in [0.717, 1.165) is 5.56 Å². The number of hydrogen-bond acceptors (Lipinski definition) is 2. The Labute approximate surface area is 113 Å². The first-order valence-electron chi connectivity index (χ1n) is 6.22. The predicted molar refractivity (Wildman–Crippen MR) is 75.4 cm³/mol. The fourth-order valence-electron chi connectivity index (χ4n) is 1.58. The van der Waals surface area contributed by atoms with Gasteiger partial charge in [-0.05, 0) is 38.5 Å². The number of guanidine groups is 1. The fourth-order valence-corrected chi connectivity index (χ4v) is 1.58. The second kappa shape index (κ2) is 6.52. The molecule has 0 aliphatic carbocycles. The van der Waals surface area contributed by atoms with Crippen LogP contribution in [-0.4, -0.2) is 23.7 Å². The quantitative estimate of drug-likeness (QED) is 0.578. The first kappa shape index (κ1) is 15.4. The summed E-state index contributed by atoms with van der Waals surface area (Å²) < 4.78 is 13.2. The lowest BCUT2D eigenvalue weighted by atomic mass is 10.1. The van der Waals surface area contributed by atoms with Crippen molar-refractivity contribution >= 4 is 5.96 Å². The molecule has 0 aliphatic heterocycles. The van der Waals surface area contributed by atoms with E-state index in [1.54, 1.807) is 19.2 Å². The van der Waals surface area contributed by atoms with Crippen LogP contribution in [0.3, 0.4) is 0 Å². The summed E-state index contributed by atoms with van der Waals surface area (Å²) in [6, 6.07) is 4.70. The number of nitrogens with zero attached hydrogens (tertiary/aromatic N) is 1. The maximum absolute atomic E-state index is 13.2. The maximum Gasteiger partial charge on any atom is 0.191 e. The summed E-state index contributed by atoms with van der Waals surface area (Å²) >= 11 is 0. The molecule has 4 nitrogen and oxygen atoms in total. The minimum absolute atomic E-state index is 0.0824. The van der Waals surface area contributed by atoms with Crippen molar-refractivity contribution in [3.8, 4) is 0 Å². The van der Waals surface area contributed by atoms with Crippen LogP contribution in [0.4, 0.5) is 4.39 Å². The molecule has 106 valence electrons. The lowest BCUT2D eigenvalue weighted by Crippen LogP contribution is -2.47. The maximum atomic E-state index is 13.2. The van der Waals surface area contributed by atoms with E-state index in [4.69, 9.17) is 5.11 Å². The average Bonchev–Trinajstić information content (AvgIpc) is 2.34. The van der Waals surface area contributed by atoms with Crippen molar-refractivity contribution in [1.82, 2.24) is 10.6 Å². The van der Waals surface area contributed by atoms with Crippen LogP contribution in [-0.2, 0) is 13.2 Å². The lowest BCUT2D eigenvalue weighted by molar-refractivity contribution is 0.275. The topological polar surface area (TPSA) is 56.7 Å². The number of rotatable bonds is 3. The van der Waals surface area contributed by atoms with Gasteiger partial charge in [-0.1, -0.05) is 6.07 Å². The van der Waals surface area contributed by atoms with Crippen molar-refractivity contribution in [2.24, 2.45) is 4.99 Å². The number of aliphatic imine (C=N–C) groups is 1. The molecule has 0 heterocycles. The van der Waals surface area contributed by atoms with E-state index in [0.29, 0.717) is 18.1 Å². The third-order valence-electron chi connectivity index (χ3n) is 2.46. The Morgan fingerprint density at radius 1 is 1.37 bits per heavy atom. The largest absolute Gasteiger partial charge is 0.392 e. The van der Waals surface area contributed by atoms with Gasteiger partial charge in [0.2, 0.25) is 0 Å². The smallest absolute Gasteiger partial charge is 0.191 e. The SMILES string of the molecule is CN=C(NCc1ccc(F)c(CO)c1)NC(C)(C)C. The predicted octanol–water partition coefficient (Wildman–Crippen LogP) is 1.78. The summed E-state index contributed by atoms with van der Waals surface area (Å²) in [5, 5.41) is 15.4. The molecule has 0 fully saturated rings. The molecule has 1 aromatic rings. The number of aliphatic hydroxyl groups is 1. The highest BCUT2D eigenvalue weighted by molar-refractivity contribution is 5.80. The van der Waals surface area contributed by atoms with E-state index in [2.05, 4.69) is 15.6 Å². The second-order valence-corrected chi connectivity index (χ2v) is 5.38. The van der Waals surface area contributed by atoms with Gasteiger partial charge in [-0.2, -0.15) is 0 Å². The third-order valence-corrected chi connectivity index (χ3v) is 2.46. The molecule has 3 N–H and O–H groups in total. The van der Waals surface area contributed by atoms with Crippen LogP contribution < -0.4 is 10.6 Å². The summed E-state index contributed by atoms with van der Waals surface area (Å²) in [5.41, 5.74) is 1.11. The van der Waals surface area contributed by atoms with Gasteiger partial charge in [0.15, 0.2) is 5.96 Å². The Morgan fingerprint density at radius 2 is 2.05 bits per heavy atom. The van der Waals surface area contributed by atoms with Gasteiger partial charge in [0.05, 0.1) is 6.61 Å². The molecular formula is C14H22FN3O. The molecule has 0 saturated carbocycles. The van der Waals surface area contributed by atoms with E-state index in [1.807, 2.05) is 20.8 Å². The van der Waals surface area contributed by atoms with Crippen molar-refractivity contribution in [3.05, 3.63) is 35.1 Å². The standard InChI is InChI=1S/C14H22FN3O/c1-14(2,3)18-13(16-4)17-8-10-5-6-12(15)11(7-10)9-19/h5-7,19H,8-9H2,1-4H3,(H2,16,17,18).